The number of hydrogen-bond donors (Lipinski definition) is 2. The van der Waals surface area contributed by atoms with Gasteiger partial charge in [0.25, 0.3) is 0 Å². The monoisotopic (exact) mass is 242 g/mol. The van der Waals surface area contributed by atoms with Gasteiger partial charge in [-0.1, -0.05) is 6.92 Å². The summed E-state index contributed by atoms with van der Waals surface area (Å²) >= 11 is 0. The highest BCUT2D eigenvalue weighted by atomic mass is 19.1. The van der Waals surface area contributed by atoms with Gasteiger partial charge in [0.2, 0.25) is 5.91 Å². The molecule has 1 atom stereocenters. The summed E-state index contributed by atoms with van der Waals surface area (Å²) in [7, 11) is 0. The second-order valence-corrected chi connectivity index (χ2v) is 3.98. The molecule has 3 N–H and O–H groups in total. The summed E-state index contributed by atoms with van der Waals surface area (Å²) in [5, 5.41) is 2.47. The van der Waals surface area contributed by atoms with Gasteiger partial charge in [0.15, 0.2) is 0 Å². The van der Waals surface area contributed by atoms with Crippen LogP contribution in [-0.2, 0) is 4.79 Å². The fourth-order valence-corrected chi connectivity index (χ4v) is 1.45. The first-order chi connectivity index (χ1) is 8.02. The predicted molar refractivity (Wildman–Crippen MR) is 62.4 cm³/mol. The van der Waals surface area contributed by atoms with E-state index in [1.807, 2.05) is 0 Å². The van der Waals surface area contributed by atoms with Gasteiger partial charge in [0.1, 0.15) is 11.6 Å². The van der Waals surface area contributed by atoms with Crippen LogP contribution in [-0.4, -0.2) is 12.5 Å². The average Bonchev–Trinajstić information content (AvgIpc) is 2.24. The van der Waals surface area contributed by atoms with Crippen molar-refractivity contribution in [3.8, 4) is 0 Å². The molecule has 94 valence electrons. The number of hydrogen-bond acceptors (Lipinski definition) is 2. The molecule has 0 fully saturated rings. The maximum absolute atomic E-state index is 12.9. The number of nitrogens with two attached hydrogens (primary N) is 1. The third kappa shape index (κ3) is 4.48. The minimum Gasteiger partial charge on any atom is -0.330 e. The number of carbonyl (C=O) groups excluding carboxylic acids is 1. The summed E-state index contributed by atoms with van der Waals surface area (Å²) < 4.78 is 25.7. The van der Waals surface area contributed by atoms with Crippen molar-refractivity contribution < 1.29 is 13.6 Å². The number of anilines is 1. The van der Waals surface area contributed by atoms with E-state index in [4.69, 9.17) is 5.73 Å². The molecule has 0 saturated carbocycles. The zero-order valence-electron chi connectivity index (χ0n) is 9.67. The highest BCUT2D eigenvalue weighted by molar-refractivity contribution is 5.92. The number of amides is 1. The molecule has 3 nitrogen and oxygen atoms in total. The summed E-state index contributed by atoms with van der Waals surface area (Å²) in [4.78, 5) is 11.6. The molecule has 0 bridgehead atoms. The van der Waals surface area contributed by atoms with Gasteiger partial charge in [-0.25, -0.2) is 8.78 Å². The van der Waals surface area contributed by atoms with Gasteiger partial charge in [-0.3, -0.25) is 4.79 Å². The van der Waals surface area contributed by atoms with Crippen molar-refractivity contribution in [1.29, 1.82) is 0 Å². The molecule has 0 saturated heterocycles. The fraction of sp³-hybridized carbons (Fsp3) is 0.417. The van der Waals surface area contributed by atoms with Crippen LogP contribution in [0.5, 0.6) is 0 Å². The Kier molecular flexibility index (Phi) is 5.03. The zero-order valence-corrected chi connectivity index (χ0v) is 9.67. The first kappa shape index (κ1) is 13.6. The molecule has 1 rings (SSSR count). The second kappa shape index (κ2) is 6.30. The Labute approximate surface area is 99.0 Å². The van der Waals surface area contributed by atoms with E-state index in [-0.39, 0.29) is 17.5 Å². The van der Waals surface area contributed by atoms with Crippen molar-refractivity contribution >= 4 is 11.6 Å². The number of benzene rings is 1. The van der Waals surface area contributed by atoms with E-state index in [2.05, 4.69) is 5.32 Å². The van der Waals surface area contributed by atoms with Crippen LogP contribution in [0.1, 0.15) is 19.8 Å². The molecule has 1 aromatic carbocycles. The second-order valence-electron chi connectivity index (χ2n) is 3.98. The van der Waals surface area contributed by atoms with Crippen LogP contribution in [0.2, 0.25) is 0 Å². The number of nitrogens with one attached hydrogen (secondary N) is 1. The average molecular weight is 242 g/mol. The standard InChI is InChI=1S/C12H16F2N2O/c1-8(3-2-4-15)12(17)16-11-6-9(13)5-10(14)7-11/h5-8H,2-4,15H2,1H3,(H,16,17). The Morgan fingerprint density at radius 3 is 2.47 bits per heavy atom. The molecule has 0 aliphatic carbocycles. The first-order valence-electron chi connectivity index (χ1n) is 5.50. The molecule has 0 aromatic heterocycles. The molecule has 1 aromatic rings. The van der Waals surface area contributed by atoms with E-state index in [0.717, 1.165) is 24.6 Å². The fourth-order valence-electron chi connectivity index (χ4n) is 1.45. The molecule has 5 heteroatoms. The molecule has 0 spiro atoms. The van der Waals surface area contributed by atoms with E-state index in [1.165, 1.54) is 0 Å². The van der Waals surface area contributed by atoms with E-state index < -0.39 is 11.6 Å². The normalized spacial score (nSPS) is 12.2. The summed E-state index contributed by atoms with van der Waals surface area (Å²) in [5.41, 5.74) is 5.47. The highest BCUT2D eigenvalue weighted by Crippen LogP contribution is 2.15. The molecule has 0 heterocycles. The van der Waals surface area contributed by atoms with Crippen LogP contribution in [0.15, 0.2) is 18.2 Å². The van der Waals surface area contributed by atoms with E-state index in [0.29, 0.717) is 13.0 Å². The van der Waals surface area contributed by atoms with Gasteiger partial charge < -0.3 is 11.1 Å². The maximum atomic E-state index is 12.9. The number of halogens is 2. The van der Waals surface area contributed by atoms with Crippen LogP contribution in [0.4, 0.5) is 14.5 Å². The highest BCUT2D eigenvalue weighted by Gasteiger charge is 2.13. The summed E-state index contributed by atoms with van der Waals surface area (Å²) in [6.07, 6.45) is 1.40. The topological polar surface area (TPSA) is 55.1 Å². The van der Waals surface area contributed by atoms with Crippen LogP contribution in [0.3, 0.4) is 0 Å². The Balaban J connectivity index is 2.61. The van der Waals surface area contributed by atoms with Crippen LogP contribution >= 0.6 is 0 Å². The third-order valence-corrected chi connectivity index (χ3v) is 2.42. The molecule has 0 radical (unpaired) electrons. The van der Waals surface area contributed by atoms with Crippen molar-refractivity contribution in [2.24, 2.45) is 11.7 Å². The van der Waals surface area contributed by atoms with Crippen molar-refractivity contribution in [2.75, 3.05) is 11.9 Å². The van der Waals surface area contributed by atoms with Crippen LogP contribution < -0.4 is 11.1 Å². The van der Waals surface area contributed by atoms with Gasteiger partial charge in [0.05, 0.1) is 0 Å². The molecule has 1 unspecified atom stereocenters. The van der Waals surface area contributed by atoms with Gasteiger partial charge in [-0.2, -0.15) is 0 Å². The number of carbonyl (C=O) groups is 1. The van der Waals surface area contributed by atoms with Gasteiger partial charge in [0, 0.05) is 17.7 Å². The summed E-state index contributed by atoms with van der Waals surface area (Å²) in [6.45, 7) is 2.27. The quantitative estimate of drug-likeness (QED) is 0.832. The SMILES string of the molecule is CC(CCCN)C(=O)Nc1cc(F)cc(F)c1. The Bertz CT molecular complexity index is 376. The third-order valence-electron chi connectivity index (χ3n) is 2.42. The Morgan fingerprint density at radius 2 is 1.94 bits per heavy atom. The summed E-state index contributed by atoms with van der Waals surface area (Å²) in [6, 6.07) is 2.92. The number of rotatable bonds is 5. The van der Waals surface area contributed by atoms with E-state index in [1.54, 1.807) is 6.92 Å². The molecule has 17 heavy (non-hydrogen) atoms. The lowest BCUT2D eigenvalue weighted by molar-refractivity contribution is -0.119. The van der Waals surface area contributed by atoms with Crippen molar-refractivity contribution in [3.63, 3.8) is 0 Å². The van der Waals surface area contributed by atoms with Crippen molar-refractivity contribution in [3.05, 3.63) is 29.8 Å². The van der Waals surface area contributed by atoms with E-state index in [9.17, 15) is 13.6 Å². The Morgan fingerprint density at radius 1 is 1.35 bits per heavy atom. The van der Waals surface area contributed by atoms with Crippen molar-refractivity contribution in [1.82, 2.24) is 0 Å². The minimum absolute atomic E-state index is 0.132. The lowest BCUT2D eigenvalue weighted by Crippen LogP contribution is -2.21. The molecule has 0 aliphatic rings. The minimum atomic E-state index is -0.713. The lowest BCUT2D eigenvalue weighted by atomic mass is 10.0. The molecular formula is C12H16F2N2O. The largest absolute Gasteiger partial charge is 0.330 e. The smallest absolute Gasteiger partial charge is 0.227 e. The molecule has 0 aliphatic heterocycles. The van der Waals surface area contributed by atoms with Crippen molar-refractivity contribution in [2.45, 2.75) is 19.8 Å². The van der Waals surface area contributed by atoms with Crippen LogP contribution in [0, 0.1) is 17.6 Å². The lowest BCUT2D eigenvalue weighted by Gasteiger charge is -2.11. The molecule has 1 amide bonds. The first-order valence-corrected chi connectivity index (χ1v) is 5.50. The zero-order chi connectivity index (χ0) is 12.8. The van der Waals surface area contributed by atoms with E-state index >= 15 is 0 Å². The van der Waals surface area contributed by atoms with Gasteiger partial charge in [-0.15, -0.1) is 0 Å². The Hall–Kier alpha value is -1.49. The predicted octanol–water partition coefficient (Wildman–Crippen LogP) is 2.28. The molecular weight excluding hydrogens is 226 g/mol. The van der Waals surface area contributed by atoms with Gasteiger partial charge in [-0.05, 0) is 31.5 Å². The van der Waals surface area contributed by atoms with Gasteiger partial charge >= 0.3 is 0 Å². The van der Waals surface area contributed by atoms with Crippen LogP contribution in [0.25, 0.3) is 0 Å². The maximum Gasteiger partial charge on any atom is 0.227 e. The summed E-state index contributed by atoms with van der Waals surface area (Å²) in [5.74, 6) is -1.92.